The predicted molar refractivity (Wildman–Crippen MR) is 135 cm³/mol. The molecular weight excluding hydrogens is 448 g/mol. The van der Waals surface area contributed by atoms with Gasteiger partial charge in [0.15, 0.2) is 0 Å². The molecule has 4 rings (SSSR count). The zero-order valence-electron chi connectivity index (χ0n) is 19.6. The molecule has 0 bridgehead atoms. The van der Waals surface area contributed by atoms with Gasteiger partial charge in [-0.05, 0) is 34.9 Å². The molecule has 0 amide bonds. The number of carbonyl (C=O) groups excluding carboxylic acids is 1. The Kier molecular flexibility index (Phi) is 8.58. The normalized spacial score (nSPS) is 14.6. The Morgan fingerprint density at radius 3 is 2.15 bits per heavy atom. The van der Waals surface area contributed by atoms with E-state index in [1.165, 1.54) is 12.7 Å². The minimum atomic E-state index is -0.240. The topological polar surface area (TPSA) is 42.0 Å². The largest absolute Gasteiger partial charge is 0.489 e. The van der Waals surface area contributed by atoms with E-state index in [0.717, 1.165) is 61.7 Å². The third kappa shape index (κ3) is 7.07. The van der Waals surface area contributed by atoms with Crippen LogP contribution in [0.5, 0.6) is 5.75 Å². The van der Waals surface area contributed by atoms with Crippen LogP contribution in [0.3, 0.4) is 0 Å². The second-order valence-corrected chi connectivity index (χ2v) is 9.08. The van der Waals surface area contributed by atoms with Gasteiger partial charge in [-0.25, -0.2) is 0 Å². The van der Waals surface area contributed by atoms with E-state index < -0.39 is 0 Å². The average Bonchev–Trinajstić information content (AvgIpc) is 2.86. The van der Waals surface area contributed by atoms with Gasteiger partial charge in [0, 0.05) is 49.9 Å². The fraction of sp³-hybridized carbons (Fsp3) is 0.321. The lowest BCUT2D eigenvalue weighted by Gasteiger charge is -2.35. The Morgan fingerprint density at radius 2 is 1.47 bits per heavy atom. The SMILES string of the molecule is COC(=O)Cc1ccc(OCc2ccc(Cl)cc2)c(CN2CCN(Cc3ccccc3)CC2)c1. The second kappa shape index (κ2) is 12.0. The summed E-state index contributed by atoms with van der Waals surface area (Å²) in [4.78, 5) is 16.8. The average molecular weight is 479 g/mol. The van der Waals surface area contributed by atoms with Crippen LogP contribution in [0.25, 0.3) is 0 Å². The number of methoxy groups -OCH3 is 1. The van der Waals surface area contributed by atoms with Crippen LogP contribution in [-0.4, -0.2) is 49.1 Å². The van der Waals surface area contributed by atoms with Gasteiger partial charge in [0.05, 0.1) is 13.5 Å². The smallest absolute Gasteiger partial charge is 0.309 e. The highest BCUT2D eigenvalue weighted by Crippen LogP contribution is 2.25. The third-order valence-corrected chi connectivity index (χ3v) is 6.37. The molecule has 0 spiro atoms. The first-order valence-corrected chi connectivity index (χ1v) is 12.0. The van der Waals surface area contributed by atoms with Crippen molar-refractivity contribution in [3.63, 3.8) is 0 Å². The lowest BCUT2D eigenvalue weighted by atomic mass is 10.1. The van der Waals surface area contributed by atoms with Crippen LogP contribution >= 0.6 is 11.6 Å². The Morgan fingerprint density at radius 1 is 0.824 bits per heavy atom. The standard InChI is InChI=1S/C28H31ClN2O3/c1-33-28(32)18-24-9-12-27(34-21-23-7-10-26(29)11-8-23)25(17-24)20-31-15-13-30(14-16-31)19-22-5-3-2-4-6-22/h2-12,17H,13-16,18-21H2,1H3. The van der Waals surface area contributed by atoms with Gasteiger partial charge in [-0.3, -0.25) is 14.6 Å². The molecule has 1 saturated heterocycles. The van der Waals surface area contributed by atoms with Crippen molar-refractivity contribution in [2.45, 2.75) is 26.1 Å². The molecular formula is C28H31ClN2O3. The van der Waals surface area contributed by atoms with Crippen LogP contribution in [0.4, 0.5) is 0 Å². The summed E-state index contributed by atoms with van der Waals surface area (Å²) in [5.41, 5.74) is 4.43. The molecule has 3 aromatic rings. The van der Waals surface area contributed by atoms with Gasteiger partial charge in [0.25, 0.3) is 0 Å². The first-order valence-electron chi connectivity index (χ1n) is 11.6. The van der Waals surface area contributed by atoms with E-state index in [4.69, 9.17) is 21.1 Å². The molecule has 0 aromatic heterocycles. The maximum absolute atomic E-state index is 11.8. The van der Waals surface area contributed by atoms with Crippen molar-refractivity contribution in [2.24, 2.45) is 0 Å². The van der Waals surface area contributed by atoms with Crippen LogP contribution in [-0.2, 0) is 35.6 Å². The molecule has 0 aliphatic carbocycles. The Hall–Kier alpha value is -2.86. The summed E-state index contributed by atoms with van der Waals surface area (Å²) >= 11 is 6.00. The predicted octanol–water partition coefficient (Wildman–Crippen LogP) is 4.95. The fourth-order valence-electron chi connectivity index (χ4n) is 4.18. The highest BCUT2D eigenvalue weighted by Gasteiger charge is 2.19. The number of halogens is 1. The fourth-order valence-corrected chi connectivity index (χ4v) is 4.30. The van der Waals surface area contributed by atoms with Crippen molar-refractivity contribution >= 4 is 17.6 Å². The molecule has 0 radical (unpaired) electrons. The van der Waals surface area contributed by atoms with E-state index in [9.17, 15) is 4.79 Å². The van der Waals surface area contributed by atoms with Gasteiger partial charge in [0.1, 0.15) is 12.4 Å². The number of esters is 1. The van der Waals surface area contributed by atoms with Crippen molar-refractivity contribution in [2.75, 3.05) is 33.3 Å². The van der Waals surface area contributed by atoms with Crippen LogP contribution in [0.1, 0.15) is 22.3 Å². The van der Waals surface area contributed by atoms with Gasteiger partial charge in [-0.1, -0.05) is 66.2 Å². The van der Waals surface area contributed by atoms with Crippen molar-refractivity contribution in [3.8, 4) is 5.75 Å². The lowest BCUT2D eigenvalue weighted by Crippen LogP contribution is -2.45. The summed E-state index contributed by atoms with van der Waals surface area (Å²) in [6.45, 7) is 6.26. The molecule has 1 fully saturated rings. The maximum Gasteiger partial charge on any atom is 0.309 e. The minimum Gasteiger partial charge on any atom is -0.489 e. The van der Waals surface area contributed by atoms with E-state index in [0.29, 0.717) is 11.6 Å². The lowest BCUT2D eigenvalue weighted by molar-refractivity contribution is -0.139. The van der Waals surface area contributed by atoms with Gasteiger partial charge in [0.2, 0.25) is 0 Å². The second-order valence-electron chi connectivity index (χ2n) is 8.65. The highest BCUT2D eigenvalue weighted by molar-refractivity contribution is 6.30. The summed E-state index contributed by atoms with van der Waals surface area (Å²) in [7, 11) is 1.42. The molecule has 5 nitrogen and oxygen atoms in total. The number of nitrogens with zero attached hydrogens (tertiary/aromatic N) is 2. The molecule has 1 heterocycles. The van der Waals surface area contributed by atoms with Crippen molar-refractivity contribution in [1.82, 2.24) is 9.80 Å². The summed E-state index contributed by atoms with van der Waals surface area (Å²) in [6.07, 6.45) is 0.256. The molecule has 1 aliphatic rings. The Bertz CT molecular complexity index is 1060. The quantitative estimate of drug-likeness (QED) is 0.407. The Balaban J connectivity index is 1.41. The van der Waals surface area contributed by atoms with Crippen molar-refractivity contribution in [1.29, 1.82) is 0 Å². The molecule has 1 aliphatic heterocycles. The van der Waals surface area contributed by atoms with Gasteiger partial charge in [-0.2, -0.15) is 0 Å². The zero-order chi connectivity index (χ0) is 23.8. The number of rotatable bonds is 9. The van der Waals surface area contributed by atoms with Crippen molar-refractivity contribution < 1.29 is 14.3 Å². The number of piperazine rings is 1. The van der Waals surface area contributed by atoms with E-state index in [2.05, 4.69) is 46.2 Å². The van der Waals surface area contributed by atoms with Crippen molar-refractivity contribution in [3.05, 3.63) is 100 Å². The molecule has 178 valence electrons. The first-order chi connectivity index (χ1) is 16.6. The number of hydrogen-bond acceptors (Lipinski definition) is 5. The highest BCUT2D eigenvalue weighted by atomic mass is 35.5. The van der Waals surface area contributed by atoms with E-state index in [1.54, 1.807) is 0 Å². The molecule has 6 heteroatoms. The monoisotopic (exact) mass is 478 g/mol. The van der Waals surface area contributed by atoms with Crippen LogP contribution < -0.4 is 4.74 Å². The third-order valence-electron chi connectivity index (χ3n) is 6.12. The molecule has 0 N–H and O–H groups in total. The number of hydrogen-bond donors (Lipinski definition) is 0. The van der Waals surface area contributed by atoms with Gasteiger partial charge in [-0.15, -0.1) is 0 Å². The molecule has 0 saturated carbocycles. The number of carbonyl (C=O) groups is 1. The number of benzene rings is 3. The molecule has 34 heavy (non-hydrogen) atoms. The Labute approximate surface area is 206 Å². The van der Waals surface area contributed by atoms with E-state index in [1.807, 2.05) is 36.4 Å². The maximum atomic E-state index is 11.8. The van der Waals surface area contributed by atoms with Crippen LogP contribution in [0, 0.1) is 0 Å². The molecule has 0 unspecified atom stereocenters. The van der Waals surface area contributed by atoms with Gasteiger partial charge >= 0.3 is 5.97 Å². The molecule has 0 atom stereocenters. The van der Waals surface area contributed by atoms with E-state index in [-0.39, 0.29) is 12.4 Å². The van der Waals surface area contributed by atoms with Crippen LogP contribution in [0.15, 0.2) is 72.8 Å². The van der Waals surface area contributed by atoms with E-state index >= 15 is 0 Å². The summed E-state index contributed by atoms with van der Waals surface area (Å²) in [5.74, 6) is 0.602. The first kappa shape index (κ1) is 24.3. The summed E-state index contributed by atoms with van der Waals surface area (Å²) in [5, 5.41) is 0.711. The zero-order valence-corrected chi connectivity index (χ0v) is 20.3. The summed E-state index contributed by atoms with van der Waals surface area (Å²) in [6, 6.07) is 24.3. The minimum absolute atomic E-state index is 0.240. The molecule has 3 aromatic carbocycles. The number of ether oxygens (including phenoxy) is 2. The van der Waals surface area contributed by atoms with Gasteiger partial charge < -0.3 is 9.47 Å². The summed E-state index contributed by atoms with van der Waals surface area (Å²) < 4.78 is 11.0. The van der Waals surface area contributed by atoms with Crippen LogP contribution in [0.2, 0.25) is 5.02 Å².